The van der Waals surface area contributed by atoms with Gasteiger partial charge in [-0.25, -0.2) is 0 Å². The molecule has 0 bridgehead atoms. The molecule has 2 atom stereocenters. The van der Waals surface area contributed by atoms with Crippen LogP contribution in [0.4, 0.5) is 0 Å². The highest BCUT2D eigenvalue weighted by Crippen LogP contribution is 2.43. The zero-order valence-electron chi connectivity index (χ0n) is 13.7. The van der Waals surface area contributed by atoms with Gasteiger partial charge in [0.15, 0.2) is 0 Å². The van der Waals surface area contributed by atoms with Crippen LogP contribution in [-0.4, -0.2) is 22.9 Å². The fourth-order valence-electron chi connectivity index (χ4n) is 3.71. The fraction of sp³-hybridized carbons (Fsp3) is 0.824. The SMILES string of the molecule is CCNCC1CCC(C)(C)CC1CCc1ccnn1C. The van der Waals surface area contributed by atoms with E-state index in [1.54, 1.807) is 0 Å². The molecule has 1 N–H and O–H groups in total. The van der Waals surface area contributed by atoms with Gasteiger partial charge in [0.05, 0.1) is 0 Å². The van der Waals surface area contributed by atoms with E-state index in [4.69, 9.17) is 0 Å². The van der Waals surface area contributed by atoms with Crippen molar-refractivity contribution in [2.24, 2.45) is 24.3 Å². The summed E-state index contributed by atoms with van der Waals surface area (Å²) >= 11 is 0. The minimum Gasteiger partial charge on any atom is -0.317 e. The summed E-state index contributed by atoms with van der Waals surface area (Å²) in [5.41, 5.74) is 1.90. The van der Waals surface area contributed by atoms with Gasteiger partial charge in [-0.3, -0.25) is 4.68 Å². The van der Waals surface area contributed by atoms with Crippen LogP contribution in [0.5, 0.6) is 0 Å². The van der Waals surface area contributed by atoms with Crippen LogP contribution in [0.1, 0.15) is 52.1 Å². The van der Waals surface area contributed by atoms with E-state index in [-0.39, 0.29) is 0 Å². The minimum atomic E-state index is 0.528. The van der Waals surface area contributed by atoms with Gasteiger partial charge in [0.1, 0.15) is 0 Å². The summed E-state index contributed by atoms with van der Waals surface area (Å²) in [6.07, 6.45) is 8.53. The van der Waals surface area contributed by atoms with Crippen LogP contribution in [0, 0.1) is 17.3 Å². The second-order valence-corrected chi connectivity index (χ2v) is 7.22. The molecule has 3 nitrogen and oxygen atoms in total. The van der Waals surface area contributed by atoms with Gasteiger partial charge < -0.3 is 5.32 Å². The van der Waals surface area contributed by atoms with Gasteiger partial charge >= 0.3 is 0 Å². The van der Waals surface area contributed by atoms with E-state index in [2.05, 4.69) is 44.3 Å². The maximum absolute atomic E-state index is 4.28. The fourth-order valence-corrected chi connectivity index (χ4v) is 3.71. The van der Waals surface area contributed by atoms with Crippen molar-refractivity contribution >= 4 is 0 Å². The quantitative estimate of drug-likeness (QED) is 0.863. The number of hydrogen-bond acceptors (Lipinski definition) is 2. The molecule has 114 valence electrons. The predicted molar refractivity (Wildman–Crippen MR) is 84.7 cm³/mol. The van der Waals surface area contributed by atoms with E-state index in [9.17, 15) is 0 Å². The monoisotopic (exact) mass is 277 g/mol. The largest absolute Gasteiger partial charge is 0.317 e. The number of nitrogens with one attached hydrogen (secondary N) is 1. The first-order chi connectivity index (χ1) is 9.52. The smallest absolute Gasteiger partial charge is 0.0492 e. The Balaban J connectivity index is 1.94. The summed E-state index contributed by atoms with van der Waals surface area (Å²) in [4.78, 5) is 0. The Morgan fingerprint density at radius 3 is 2.85 bits per heavy atom. The molecule has 1 fully saturated rings. The second kappa shape index (κ2) is 6.75. The molecule has 0 spiro atoms. The van der Waals surface area contributed by atoms with Crippen LogP contribution in [0.15, 0.2) is 12.3 Å². The summed E-state index contributed by atoms with van der Waals surface area (Å²) < 4.78 is 2.02. The Bertz CT molecular complexity index is 408. The molecular weight excluding hydrogens is 246 g/mol. The van der Waals surface area contributed by atoms with Crippen LogP contribution in [0.2, 0.25) is 0 Å². The number of hydrogen-bond donors (Lipinski definition) is 1. The maximum Gasteiger partial charge on any atom is 0.0492 e. The molecular formula is C17H31N3. The van der Waals surface area contributed by atoms with Gasteiger partial charge in [-0.2, -0.15) is 5.10 Å². The van der Waals surface area contributed by atoms with E-state index in [1.165, 1.54) is 44.3 Å². The lowest BCUT2D eigenvalue weighted by atomic mass is 9.66. The number of aryl methyl sites for hydroxylation is 2. The summed E-state index contributed by atoms with van der Waals surface area (Å²) in [7, 11) is 2.05. The Hall–Kier alpha value is -0.830. The first-order valence-corrected chi connectivity index (χ1v) is 8.19. The van der Waals surface area contributed by atoms with Gasteiger partial charge in [-0.1, -0.05) is 20.8 Å². The van der Waals surface area contributed by atoms with Crippen LogP contribution < -0.4 is 5.32 Å². The molecule has 1 heterocycles. The molecule has 3 heteroatoms. The topological polar surface area (TPSA) is 29.9 Å². The molecule has 1 saturated carbocycles. The number of nitrogens with zero attached hydrogens (tertiary/aromatic N) is 2. The van der Waals surface area contributed by atoms with E-state index in [1.807, 2.05) is 10.9 Å². The first-order valence-electron chi connectivity index (χ1n) is 8.19. The average molecular weight is 277 g/mol. The molecule has 1 aromatic rings. The van der Waals surface area contributed by atoms with Crippen LogP contribution in [0.3, 0.4) is 0 Å². The molecule has 0 aromatic carbocycles. The molecule has 0 radical (unpaired) electrons. The third kappa shape index (κ3) is 4.08. The lowest BCUT2D eigenvalue weighted by molar-refractivity contribution is 0.110. The predicted octanol–water partition coefficient (Wildman–Crippen LogP) is 3.40. The van der Waals surface area contributed by atoms with Gasteiger partial charge in [0, 0.05) is 18.9 Å². The van der Waals surface area contributed by atoms with Gasteiger partial charge in [-0.05, 0) is 68.5 Å². The van der Waals surface area contributed by atoms with Crippen molar-refractivity contribution in [3.8, 4) is 0 Å². The summed E-state index contributed by atoms with van der Waals surface area (Å²) in [5, 5.41) is 7.84. The van der Waals surface area contributed by atoms with Crippen molar-refractivity contribution in [1.29, 1.82) is 0 Å². The Kier molecular flexibility index (Phi) is 5.25. The van der Waals surface area contributed by atoms with E-state index < -0.39 is 0 Å². The van der Waals surface area contributed by atoms with E-state index in [0.717, 1.165) is 18.4 Å². The van der Waals surface area contributed by atoms with Gasteiger partial charge in [0.2, 0.25) is 0 Å². The lowest BCUT2D eigenvalue weighted by Crippen LogP contribution is -2.36. The highest BCUT2D eigenvalue weighted by atomic mass is 15.2. The standard InChI is InChI=1S/C17H31N3/c1-5-18-13-15-8-10-17(2,3)12-14(15)6-7-16-9-11-19-20(16)4/h9,11,14-15,18H,5-8,10,12-13H2,1-4H3. The van der Waals surface area contributed by atoms with Crippen molar-refractivity contribution < 1.29 is 0 Å². The lowest BCUT2D eigenvalue weighted by Gasteiger charge is -2.41. The molecule has 0 aliphatic heterocycles. The van der Waals surface area contributed by atoms with Crippen molar-refractivity contribution in [3.05, 3.63) is 18.0 Å². The highest BCUT2D eigenvalue weighted by Gasteiger charge is 2.34. The molecule has 2 rings (SSSR count). The van der Waals surface area contributed by atoms with Crippen LogP contribution >= 0.6 is 0 Å². The molecule has 1 aromatic heterocycles. The Morgan fingerprint density at radius 2 is 2.20 bits per heavy atom. The van der Waals surface area contributed by atoms with E-state index >= 15 is 0 Å². The number of rotatable bonds is 6. The first kappa shape index (κ1) is 15.6. The molecule has 2 unspecified atom stereocenters. The third-order valence-corrected chi connectivity index (χ3v) is 5.02. The van der Waals surface area contributed by atoms with Crippen molar-refractivity contribution in [2.45, 2.75) is 52.9 Å². The molecule has 0 amide bonds. The molecule has 1 aliphatic rings. The van der Waals surface area contributed by atoms with Crippen LogP contribution in [-0.2, 0) is 13.5 Å². The number of aromatic nitrogens is 2. The zero-order valence-corrected chi connectivity index (χ0v) is 13.7. The molecule has 1 aliphatic carbocycles. The van der Waals surface area contributed by atoms with Crippen molar-refractivity contribution in [3.63, 3.8) is 0 Å². The maximum atomic E-state index is 4.28. The van der Waals surface area contributed by atoms with Gasteiger partial charge in [0.25, 0.3) is 0 Å². The van der Waals surface area contributed by atoms with Crippen LogP contribution in [0.25, 0.3) is 0 Å². The molecule has 0 saturated heterocycles. The average Bonchev–Trinajstić information content (AvgIpc) is 2.80. The summed E-state index contributed by atoms with van der Waals surface area (Å²) in [6.45, 7) is 9.37. The highest BCUT2D eigenvalue weighted by molar-refractivity contribution is 5.00. The molecule has 20 heavy (non-hydrogen) atoms. The normalized spacial score (nSPS) is 25.8. The van der Waals surface area contributed by atoms with E-state index in [0.29, 0.717) is 5.41 Å². The second-order valence-electron chi connectivity index (χ2n) is 7.22. The Labute approximate surface area is 124 Å². The third-order valence-electron chi connectivity index (χ3n) is 5.02. The van der Waals surface area contributed by atoms with Crippen molar-refractivity contribution in [2.75, 3.05) is 13.1 Å². The Morgan fingerprint density at radius 1 is 1.40 bits per heavy atom. The van der Waals surface area contributed by atoms with Crippen molar-refractivity contribution in [1.82, 2.24) is 15.1 Å². The zero-order chi connectivity index (χ0) is 14.6. The minimum absolute atomic E-state index is 0.528. The summed E-state index contributed by atoms with van der Waals surface area (Å²) in [5.74, 6) is 1.71. The van der Waals surface area contributed by atoms with Gasteiger partial charge in [-0.15, -0.1) is 0 Å². The summed E-state index contributed by atoms with van der Waals surface area (Å²) in [6, 6.07) is 2.16.